The maximum atomic E-state index is 12.6. The Bertz CT molecular complexity index is 471. The van der Waals surface area contributed by atoms with Crippen LogP contribution in [0, 0.1) is 0 Å². The van der Waals surface area contributed by atoms with E-state index in [-0.39, 0.29) is 18.0 Å². The van der Waals surface area contributed by atoms with Crippen molar-refractivity contribution in [2.24, 2.45) is 0 Å². The molecule has 2 N–H and O–H groups in total. The molecule has 0 aromatic heterocycles. The van der Waals surface area contributed by atoms with E-state index < -0.39 is 6.10 Å². The monoisotopic (exact) mass is 288 g/mol. The lowest BCUT2D eigenvalue weighted by Crippen LogP contribution is -2.46. The Hall–Kier alpha value is -1.39. The molecule has 0 saturated carbocycles. The summed E-state index contributed by atoms with van der Waals surface area (Å²) >= 11 is 0. The fourth-order valence-electron chi connectivity index (χ4n) is 3.54. The Morgan fingerprint density at radius 3 is 2.81 bits per heavy atom. The summed E-state index contributed by atoms with van der Waals surface area (Å²) in [5, 5.41) is 13.7. The second-order valence-electron chi connectivity index (χ2n) is 6.14. The van der Waals surface area contributed by atoms with Gasteiger partial charge in [-0.05, 0) is 44.2 Å². The first-order chi connectivity index (χ1) is 10.3. The summed E-state index contributed by atoms with van der Waals surface area (Å²) < 4.78 is 0. The van der Waals surface area contributed by atoms with Crippen LogP contribution in [-0.2, 0) is 4.79 Å². The first-order valence-corrected chi connectivity index (χ1v) is 8.02. The molecule has 4 nitrogen and oxygen atoms in total. The van der Waals surface area contributed by atoms with E-state index in [4.69, 9.17) is 0 Å². The zero-order chi connectivity index (χ0) is 14.7. The average Bonchev–Trinajstić information content (AvgIpc) is 3.19. The number of hydrogen-bond donors (Lipinski definition) is 2. The Balaban J connectivity index is 1.62. The van der Waals surface area contributed by atoms with E-state index in [1.807, 2.05) is 35.2 Å². The third-order valence-electron chi connectivity index (χ3n) is 4.70. The van der Waals surface area contributed by atoms with Crippen molar-refractivity contribution in [1.29, 1.82) is 0 Å². The molecule has 1 amide bonds. The maximum absolute atomic E-state index is 12.6. The lowest BCUT2D eigenvalue weighted by molar-refractivity contribution is -0.134. The van der Waals surface area contributed by atoms with Gasteiger partial charge in [0.15, 0.2) is 0 Å². The normalized spacial score (nSPS) is 27.0. The number of aliphatic hydroxyl groups excluding tert-OH is 1. The van der Waals surface area contributed by atoms with Crippen molar-refractivity contribution in [2.45, 2.75) is 50.3 Å². The van der Waals surface area contributed by atoms with Crippen molar-refractivity contribution in [2.75, 3.05) is 13.1 Å². The second kappa shape index (κ2) is 6.58. The first kappa shape index (κ1) is 14.5. The molecule has 3 rings (SSSR count). The van der Waals surface area contributed by atoms with Crippen LogP contribution < -0.4 is 5.32 Å². The van der Waals surface area contributed by atoms with Gasteiger partial charge in [-0.25, -0.2) is 0 Å². The molecule has 2 heterocycles. The van der Waals surface area contributed by atoms with Crippen molar-refractivity contribution < 1.29 is 9.90 Å². The second-order valence-corrected chi connectivity index (χ2v) is 6.14. The number of rotatable bonds is 4. The van der Waals surface area contributed by atoms with E-state index in [9.17, 15) is 9.90 Å². The highest BCUT2D eigenvalue weighted by molar-refractivity contribution is 5.82. The number of amides is 1. The van der Waals surface area contributed by atoms with Crippen molar-refractivity contribution >= 4 is 5.91 Å². The molecular weight excluding hydrogens is 264 g/mol. The Morgan fingerprint density at radius 2 is 2.10 bits per heavy atom. The molecular formula is C17H24N2O2. The molecule has 0 aliphatic carbocycles. The van der Waals surface area contributed by atoms with Gasteiger partial charge in [0.25, 0.3) is 0 Å². The highest BCUT2D eigenvalue weighted by Gasteiger charge is 2.35. The molecule has 114 valence electrons. The van der Waals surface area contributed by atoms with Crippen LogP contribution in [0.25, 0.3) is 0 Å². The molecule has 4 heteroatoms. The van der Waals surface area contributed by atoms with E-state index >= 15 is 0 Å². The zero-order valence-electron chi connectivity index (χ0n) is 12.4. The van der Waals surface area contributed by atoms with Gasteiger partial charge in [0, 0.05) is 12.6 Å². The molecule has 2 fully saturated rings. The summed E-state index contributed by atoms with van der Waals surface area (Å²) in [4.78, 5) is 14.6. The Kier molecular flexibility index (Phi) is 4.56. The van der Waals surface area contributed by atoms with Crippen LogP contribution >= 0.6 is 0 Å². The molecule has 2 aliphatic heterocycles. The first-order valence-electron chi connectivity index (χ1n) is 8.02. The van der Waals surface area contributed by atoms with Crippen LogP contribution in [0.1, 0.15) is 43.8 Å². The predicted molar refractivity (Wildman–Crippen MR) is 81.8 cm³/mol. The molecule has 3 atom stereocenters. The van der Waals surface area contributed by atoms with Gasteiger partial charge >= 0.3 is 0 Å². The minimum atomic E-state index is -0.485. The number of carbonyl (C=O) groups is 1. The smallest absolute Gasteiger partial charge is 0.239 e. The minimum Gasteiger partial charge on any atom is -0.388 e. The molecule has 1 aromatic carbocycles. The fraction of sp³-hybridized carbons (Fsp3) is 0.588. The van der Waals surface area contributed by atoms with Crippen LogP contribution in [0.2, 0.25) is 0 Å². The number of benzene rings is 1. The number of nitrogens with zero attached hydrogens (tertiary/aromatic N) is 1. The Morgan fingerprint density at radius 1 is 1.29 bits per heavy atom. The van der Waals surface area contributed by atoms with Crippen molar-refractivity contribution in [1.82, 2.24) is 10.2 Å². The van der Waals surface area contributed by atoms with Crippen LogP contribution in [0.5, 0.6) is 0 Å². The highest BCUT2D eigenvalue weighted by atomic mass is 16.3. The standard InChI is InChI=1S/C17H24N2O2/c20-16(13-6-2-1-3-7-13)12-14-8-5-11-19(14)17(21)15-9-4-10-18-15/h1-3,6-7,14-16,18,20H,4-5,8-12H2/t14-,15-,16+/m0/s1. The van der Waals surface area contributed by atoms with Crippen LogP contribution in [-0.4, -0.2) is 41.1 Å². The highest BCUT2D eigenvalue weighted by Crippen LogP contribution is 2.28. The number of hydrogen-bond acceptors (Lipinski definition) is 3. The maximum Gasteiger partial charge on any atom is 0.239 e. The van der Waals surface area contributed by atoms with Crippen molar-refractivity contribution in [3.05, 3.63) is 35.9 Å². The predicted octanol–water partition coefficient (Wildman–Crippen LogP) is 1.85. The summed E-state index contributed by atoms with van der Waals surface area (Å²) in [5.41, 5.74) is 0.941. The van der Waals surface area contributed by atoms with Gasteiger partial charge in [-0.1, -0.05) is 30.3 Å². The fourth-order valence-corrected chi connectivity index (χ4v) is 3.54. The number of aliphatic hydroxyl groups is 1. The van der Waals surface area contributed by atoms with Gasteiger partial charge in [-0.2, -0.15) is 0 Å². The van der Waals surface area contributed by atoms with Gasteiger partial charge in [-0.15, -0.1) is 0 Å². The van der Waals surface area contributed by atoms with E-state index in [1.165, 1.54) is 0 Å². The molecule has 0 spiro atoms. The quantitative estimate of drug-likeness (QED) is 0.889. The van der Waals surface area contributed by atoms with E-state index in [2.05, 4.69) is 5.32 Å². The molecule has 1 aromatic rings. The van der Waals surface area contributed by atoms with E-state index in [0.717, 1.165) is 44.3 Å². The van der Waals surface area contributed by atoms with E-state index in [0.29, 0.717) is 6.42 Å². The summed E-state index contributed by atoms with van der Waals surface area (Å²) in [7, 11) is 0. The molecule has 2 saturated heterocycles. The van der Waals surface area contributed by atoms with Gasteiger partial charge in [-0.3, -0.25) is 4.79 Å². The lowest BCUT2D eigenvalue weighted by Gasteiger charge is -2.29. The van der Waals surface area contributed by atoms with Gasteiger partial charge < -0.3 is 15.3 Å². The van der Waals surface area contributed by atoms with Crippen LogP contribution in [0.15, 0.2) is 30.3 Å². The SMILES string of the molecule is O=C([C@@H]1CCCN1)N1CCC[C@H]1C[C@@H](O)c1ccccc1. The third kappa shape index (κ3) is 3.27. The minimum absolute atomic E-state index is 0.000492. The zero-order valence-corrected chi connectivity index (χ0v) is 12.4. The summed E-state index contributed by atoms with van der Waals surface area (Å²) in [6.07, 6.45) is 4.24. The summed E-state index contributed by atoms with van der Waals surface area (Å²) in [5.74, 6) is 0.232. The topological polar surface area (TPSA) is 52.6 Å². The largest absolute Gasteiger partial charge is 0.388 e. The van der Waals surface area contributed by atoms with Gasteiger partial charge in [0.05, 0.1) is 12.1 Å². The lowest BCUT2D eigenvalue weighted by atomic mass is 10.00. The molecule has 0 bridgehead atoms. The van der Waals surface area contributed by atoms with Crippen LogP contribution in [0.4, 0.5) is 0 Å². The van der Waals surface area contributed by atoms with Crippen molar-refractivity contribution in [3.8, 4) is 0 Å². The summed E-state index contributed by atoms with van der Waals surface area (Å²) in [6.45, 7) is 1.78. The molecule has 0 unspecified atom stereocenters. The number of likely N-dealkylation sites (tertiary alicyclic amines) is 1. The van der Waals surface area contributed by atoms with Crippen LogP contribution in [0.3, 0.4) is 0 Å². The summed E-state index contributed by atoms with van der Waals surface area (Å²) in [6, 6.07) is 9.91. The molecule has 0 radical (unpaired) electrons. The number of carbonyl (C=O) groups excluding carboxylic acids is 1. The average molecular weight is 288 g/mol. The molecule has 2 aliphatic rings. The molecule has 21 heavy (non-hydrogen) atoms. The third-order valence-corrected chi connectivity index (χ3v) is 4.70. The number of nitrogens with one attached hydrogen (secondary N) is 1. The Labute approximate surface area is 126 Å². The van der Waals surface area contributed by atoms with Crippen molar-refractivity contribution in [3.63, 3.8) is 0 Å². The van der Waals surface area contributed by atoms with Gasteiger partial charge in [0.1, 0.15) is 0 Å². The van der Waals surface area contributed by atoms with E-state index in [1.54, 1.807) is 0 Å². The van der Waals surface area contributed by atoms with Gasteiger partial charge in [0.2, 0.25) is 5.91 Å².